The molecule has 1 atom stereocenters. The van der Waals surface area contributed by atoms with Crippen LogP contribution >= 0.6 is 38.5 Å². The Morgan fingerprint density at radius 1 is 1.32 bits per heavy atom. The Morgan fingerprint density at radius 3 is 2.95 bits per heavy atom. The normalized spacial score (nSPS) is 17.7. The molecule has 2 rings (SSSR count). The van der Waals surface area contributed by atoms with Crippen LogP contribution in [0.15, 0.2) is 34.3 Å². The third-order valence-corrected chi connectivity index (χ3v) is 5.10. The van der Waals surface area contributed by atoms with Crippen molar-refractivity contribution in [2.24, 2.45) is 0 Å². The summed E-state index contributed by atoms with van der Waals surface area (Å²) in [5, 5.41) is 3.67. The Kier molecular flexibility index (Phi) is 6.36. The van der Waals surface area contributed by atoms with Gasteiger partial charge in [-0.15, -0.1) is 0 Å². The van der Waals surface area contributed by atoms with E-state index in [1.54, 1.807) is 5.57 Å². The van der Waals surface area contributed by atoms with Gasteiger partial charge in [0.15, 0.2) is 0 Å². The maximum atomic E-state index is 3.67. The van der Waals surface area contributed by atoms with Gasteiger partial charge in [-0.3, -0.25) is 0 Å². The Bertz CT molecular complexity index is 456. The number of allylic oxidation sites excluding steroid dienone is 1. The molecule has 0 fully saturated rings. The SMILES string of the molecule is CCNC(C1=CCCCCC1)c1cc(Br)ccc1I. The molecular weight excluding hydrogens is 413 g/mol. The molecule has 0 amide bonds. The molecule has 0 spiro atoms. The summed E-state index contributed by atoms with van der Waals surface area (Å²) in [6.07, 6.45) is 8.99. The van der Waals surface area contributed by atoms with Gasteiger partial charge >= 0.3 is 0 Å². The average Bonchev–Trinajstić information content (AvgIpc) is 2.68. The molecular formula is C16H21BrIN. The first-order valence-corrected chi connectivity index (χ1v) is 8.96. The first-order chi connectivity index (χ1) is 9.22. The lowest BCUT2D eigenvalue weighted by Gasteiger charge is -2.23. The van der Waals surface area contributed by atoms with E-state index in [2.05, 4.69) is 75.0 Å². The molecule has 19 heavy (non-hydrogen) atoms. The van der Waals surface area contributed by atoms with E-state index in [0.717, 1.165) is 6.54 Å². The van der Waals surface area contributed by atoms with Crippen molar-refractivity contribution in [2.45, 2.75) is 45.1 Å². The van der Waals surface area contributed by atoms with Gasteiger partial charge in [0.05, 0.1) is 6.04 Å². The van der Waals surface area contributed by atoms with Gasteiger partial charge in [-0.1, -0.05) is 40.9 Å². The quantitative estimate of drug-likeness (QED) is 0.481. The monoisotopic (exact) mass is 433 g/mol. The first kappa shape index (κ1) is 15.5. The molecule has 0 radical (unpaired) electrons. The minimum absolute atomic E-state index is 0.382. The molecule has 1 aliphatic rings. The van der Waals surface area contributed by atoms with Crippen molar-refractivity contribution in [3.05, 3.63) is 43.5 Å². The molecule has 104 valence electrons. The zero-order valence-electron chi connectivity index (χ0n) is 11.4. The van der Waals surface area contributed by atoms with Gasteiger partial charge in [0, 0.05) is 8.04 Å². The molecule has 1 unspecified atom stereocenters. The molecule has 1 N–H and O–H groups in total. The van der Waals surface area contributed by atoms with E-state index in [-0.39, 0.29) is 0 Å². The van der Waals surface area contributed by atoms with E-state index in [1.165, 1.54) is 45.7 Å². The fraction of sp³-hybridized carbons (Fsp3) is 0.500. The van der Waals surface area contributed by atoms with E-state index in [0.29, 0.717) is 6.04 Å². The van der Waals surface area contributed by atoms with Crippen molar-refractivity contribution < 1.29 is 0 Å². The van der Waals surface area contributed by atoms with Crippen LogP contribution in [0, 0.1) is 3.57 Å². The van der Waals surface area contributed by atoms with Gasteiger partial charge in [0.1, 0.15) is 0 Å². The van der Waals surface area contributed by atoms with Gasteiger partial charge in [-0.2, -0.15) is 0 Å². The van der Waals surface area contributed by atoms with Crippen molar-refractivity contribution in [1.29, 1.82) is 0 Å². The highest BCUT2D eigenvalue weighted by Gasteiger charge is 2.19. The maximum absolute atomic E-state index is 3.67. The number of benzene rings is 1. The Morgan fingerprint density at radius 2 is 2.16 bits per heavy atom. The van der Waals surface area contributed by atoms with Crippen molar-refractivity contribution in [2.75, 3.05) is 6.54 Å². The molecule has 1 aromatic carbocycles. The fourth-order valence-electron chi connectivity index (χ4n) is 2.68. The Hall–Kier alpha value is 0.130. The smallest absolute Gasteiger partial charge is 0.0546 e. The van der Waals surface area contributed by atoms with Crippen molar-refractivity contribution >= 4 is 38.5 Å². The lowest BCUT2D eigenvalue weighted by atomic mass is 9.95. The topological polar surface area (TPSA) is 12.0 Å². The highest BCUT2D eigenvalue weighted by Crippen LogP contribution is 2.33. The lowest BCUT2D eigenvalue weighted by Crippen LogP contribution is -2.23. The summed E-state index contributed by atoms with van der Waals surface area (Å²) in [5.74, 6) is 0. The summed E-state index contributed by atoms with van der Waals surface area (Å²) < 4.78 is 2.51. The van der Waals surface area contributed by atoms with Crippen LogP contribution in [-0.2, 0) is 0 Å². The van der Waals surface area contributed by atoms with E-state index >= 15 is 0 Å². The third kappa shape index (κ3) is 4.30. The number of nitrogens with one attached hydrogen (secondary N) is 1. The van der Waals surface area contributed by atoms with Crippen LogP contribution in [-0.4, -0.2) is 6.54 Å². The van der Waals surface area contributed by atoms with Crippen LogP contribution in [0.2, 0.25) is 0 Å². The van der Waals surface area contributed by atoms with Crippen molar-refractivity contribution in [1.82, 2.24) is 5.32 Å². The average molecular weight is 434 g/mol. The summed E-state index contributed by atoms with van der Waals surface area (Å²) >= 11 is 6.05. The maximum Gasteiger partial charge on any atom is 0.0546 e. The van der Waals surface area contributed by atoms with Gasteiger partial charge in [-0.05, 0) is 78.6 Å². The highest BCUT2D eigenvalue weighted by atomic mass is 127. The largest absolute Gasteiger partial charge is 0.307 e. The zero-order valence-corrected chi connectivity index (χ0v) is 15.1. The van der Waals surface area contributed by atoms with Gasteiger partial charge in [0.25, 0.3) is 0 Å². The Labute approximate surface area is 138 Å². The second-order valence-electron chi connectivity index (χ2n) is 5.03. The standard InChI is InChI=1S/C16H21BrIN/c1-2-19-16(12-7-5-3-4-6-8-12)14-11-13(17)9-10-15(14)18/h7,9-11,16,19H,2-6,8H2,1H3. The number of rotatable bonds is 4. The molecule has 0 saturated heterocycles. The Balaban J connectivity index is 2.32. The summed E-state index contributed by atoms with van der Waals surface area (Å²) in [4.78, 5) is 0. The number of likely N-dealkylation sites (N-methyl/N-ethyl adjacent to an activating group) is 1. The summed E-state index contributed by atoms with van der Waals surface area (Å²) in [5.41, 5.74) is 2.99. The van der Waals surface area contributed by atoms with Gasteiger partial charge in [-0.25, -0.2) is 0 Å². The predicted molar refractivity (Wildman–Crippen MR) is 94.4 cm³/mol. The number of hydrogen-bond donors (Lipinski definition) is 1. The molecule has 1 aromatic rings. The van der Waals surface area contributed by atoms with Crippen LogP contribution in [0.4, 0.5) is 0 Å². The second-order valence-corrected chi connectivity index (χ2v) is 7.11. The molecule has 0 aromatic heterocycles. The highest BCUT2D eigenvalue weighted by molar-refractivity contribution is 14.1. The zero-order chi connectivity index (χ0) is 13.7. The van der Waals surface area contributed by atoms with Crippen molar-refractivity contribution in [3.63, 3.8) is 0 Å². The van der Waals surface area contributed by atoms with Crippen LogP contribution in [0.1, 0.15) is 50.6 Å². The molecule has 1 aliphatic carbocycles. The third-order valence-electron chi connectivity index (χ3n) is 3.62. The summed E-state index contributed by atoms with van der Waals surface area (Å²) in [6, 6.07) is 6.96. The molecule has 3 heteroatoms. The molecule has 0 saturated carbocycles. The van der Waals surface area contributed by atoms with Gasteiger partial charge < -0.3 is 5.32 Å². The lowest BCUT2D eigenvalue weighted by molar-refractivity contribution is 0.587. The van der Waals surface area contributed by atoms with Crippen LogP contribution in [0.25, 0.3) is 0 Å². The van der Waals surface area contributed by atoms with E-state index in [4.69, 9.17) is 0 Å². The van der Waals surface area contributed by atoms with Crippen LogP contribution in [0.5, 0.6) is 0 Å². The molecule has 0 aliphatic heterocycles. The minimum atomic E-state index is 0.382. The van der Waals surface area contributed by atoms with Gasteiger partial charge in [0.2, 0.25) is 0 Å². The summed E-state index contributed by atoms with van der Waals surface area (Å²) in [7, 11) is 0. The number of halogens is 2. The number of hydrogen-bond acceptors (Lipinski definition) is 1. The van der Waals surface area contributed by atoms with Crippen LogP contribution in [0.3, 0.4) is 0 Å². The molecule has 0 heterocycles. The van der Waals surface area contributed by atoms with E-state index in [9.17, 15) is 0 Å². The minimum Gasteiger partial charge on any atom is -0.307 e. The van der Waals surface area contributed by atoms with Crippen LogP contribution < -0.4 is 5.32 Å². The fourth-order valence-corrected chi connectivity index (χ4v) is 3.71. The summed E-state index contributed by atoms with van der Waals surface area (Å²) in [6.45, 7) is 3.19. The second kappa shape index (κ2) is 7.79. The predicted octanol–water partition coefficient (Wildman–Crippen LogP) is 5.59. The van der Waals surface area contributed by atoms with Crippen molar-refractivity contribution in [3.8, 4) is 0 Å². The molecule has 0 bridgehead atoms. The van der Waals surface area contributed by atoms with E-state index in [1.807, 2.05) is 0 Å². The molecule has 1 nitrogen and oxygen atoms in total. The van der Waals surface area contributed by atoms with E-state index < -0.39 is 0 Å². The first-order valence-electron chi connectivity index (χ1n) is 7.09.